The standard InChI is InChI=1S/C12H17N3O2/c1-2-3-4-5-11(16)15(13)12(17)10-6-8-14-9-7-10/h6-9H,2-5,13H2,1H3. The SMILES string of the molecule is CCCCCC(=O)N(N)C(=O)c1ccncc1. The van der Waals surface area contributed by atoms with Crippen LogP contribution in [0.4, 0.5) is 0 Å². The van der Waals surface area contributed by atoms with Crippen molar-refractivity contribution in [2.45, 2.75) is 32.6 Å². The Morgan fingerprint density at radius 2 is 1.94 bits per heavy atom. The number of nitrogens with two attached hydrogens (primary N) is 1. The molecule has 0 aromatic carbocycles. The van der Waals surface area contributed by atoms with Crippen LogP contribution in [0.5, 0.6) is 0 Å². The first-order chi connectivity index (χ1) is 8.16. The summed E-state index contributed by atoms with van der Waals surface area (Å²) < 4.78 is 0. The van der Waals surface area contributed by atoms with Crippen LogP contribution >= 0.6 is 0 Å². The highest BCUT2D eigenvalue weighted by Gasteiger charge is 2.18. The smallest absolute Gasteiger partial charge is 0.273 e. The molecule has 0 fully saturated rings. The Morgan fingerprint density at radius 3 is 2.53 bits per heavy atom. The average Bonchev–Trinajstić information content (AvgIpc) is 2.38. The maximum absolute atomic E-state index is 11.8. The zero-order chi connectivity index (χ0) is 12.7. The van der Waals surface area contributed by atoms with E-state index in [-0.39, 0.29) is 5.91 Å². The van der Waals surface area contributed by atoms with Gasteiger partial charge in [-0.25, -0.2) is 10.9 Å². The fraction of sp³-hybridized carbons (Fsp3) is 0.417. The summed E-state index contributed by atoms with van der Waals surface area (Å²) in [5.41, 5.74) is 0.367. The molecule has 0 bridgehead atoms. The quantitative estimate of drug-likeness (QED) is 0.363. The Hall–Kier alpha value is -1.75. The minimum absolute atomic E-state index is 0.307. The first-order valence-corrected chi connectivity index (χ1v) is 5.68. The zero-order valence-electron chi connectivity index (χ0n) is 9.93. The van der Waals surface area contributed by atoms with Gasteiger partial charge in [-0.05, 0) is 18.6 Å². The fourth-order valence-corrected chi connectivity index (χ4v) is 1.39. The first kappa shape index (κ1) is 13.3. The van der Waals surface area contributed by atoms with E-state index in [9.17, 15) is 9.59 Å². The number of rotatable bonds is 5. The number of amides is 2. The maximum atomic E-state index is 11.8. The summed E-state index contributed by atoms with van der Waals surface area (Å²) in [6.45, 7) is 2.05. The van der Waals surface area contributed by atoms with Crippen molar-refractivity contribution in [1.29, 1.82) is 0 Å². The minimum Gasteiger partial charge on any atom is -0.273 e. The molecule has 0 spiro atoms. The molecular weight excluding hydrogens is 218 g/mol. The van der Waals surface area contributed by atoms with Gasteiger partial charge in [-0.2, -0.15) is 0 Å². The van der Waals surface area contributed by atoms with Crippen LogP contribution in [0.15, 0.2) is 24.5 Å². The van der Waals surface area contributed by atoms with Gasteiger partial charge in [-0.3, -0.25) is 14.6 Å². The third-order valence-corrected chi connectivity index (χ3v) is 2.41. The minimum atomic E-state index is -0.492. The largest absolute Gasteiger partial charge is 0.274 e. The number of imide groups is 1. The van der Waals surface area contributed by atoms with Crippen molar-refractivity contribution in [3.63, 3.8) is 0 Å². The second-order valence-electron chi connectivity index (χ2n) is 3.76. The van der Waals surface area contributed by atoms with E-state index in [4.69, 9.17) is 5.84 Å². The highest BCUT2D eigenvalue weighted by molar-refractivity contribution is 6.03. The van der Waals surface area contributed by atoms with E-state index in [1.54, 1.807) is 0 Å². The Kier molecular flexibility index (Phi) is 5.29. The topological polar surface area (TPSA) is 76.3 Å². The highest BCUT2D eigenvalue weighted by Crippen LogP contribution is 2.05. The predicted molar refractivity (Wildman–Crippen MR) is 63.7 cm³/mol. The van der Waals surface area contributed by atoms with Gasteiger partial charge in [0, 0.05) is 24.4 Å². The molecule has 5 nitrogen and oxygen atoms in total. The summed E-state index contributed by atoms with van der Waals surface area (Å²) >= 11 is 0. The van der Waals surface area contributed by atoms with Crippen molar-refractivity contribution in [2.24, 2.45) is 5.84 Å². The fourth-order valence-electron chi connectivity index (χ4n) is 1.39. The molecule has 0 aliphatic carbocycles. The van der Waals surface area contributed by atoms with Crippen LogP contribution in [0, 0.1) is 0 Å². The number of carbonyl (C=O) groups is 2. The van der Waals surface area contributed by atoms with Gasteiger partial charge < -0.3 is 0 Å². The van der Waals surface area contributed by atoms with Gasteiger partial charge in [-0.15, -0.1) is 0 Å². The third kappa shape index (κ3) is 3.96. The second kappa shape index (κ2) is 6.75. The Labute approximate surface area is 101 Å². The average molecular weight is 235 g/mol. The molecule has 2 amide bonds. The molecule has 1 heterocycles. The molecule has 0 unspecified atom stereocenters. The molecule has 92 valence electrons. The molecule has 0 aliphatic rings. The van der Waals surface area contributed by atoms with Crippen LogP contribution in [-0.2, 0) is 4.79 Å². The third-order valence-electron chi connectivity index (χ3n) is 2.41. The van der Waals surface area contributed by atoms with Crippen molar-refractivity contribution < 1.29 is 9.59 Å². The van der Waals surface area contributed by atoms with Gasteiger partial charge in [0.1, 0.15) is 0 Å². The van der Waals surface area contributed by atoms with Crippen molar-refractivity contribution in [2.75, 3.05) is 0 Å². The predicted octanol–water partition coefficient (Wildman–Crippen LogP) is 1.50. The second-order valence-corrected chi connectivity index (χ2v) is 3.76. The van der Waals surface area contributed by atoms with E-state index in [2.05, 4.69) is 4.98 Å². The summed E-state index contributed by atoms with van der Waals surface area (Å²) in [6.07, 6.45) is 6.03. The van der Waals surface area contributed by atoms with Gasteiger partial charge in [0.05, 0.1) is 0 Å². The van der Waals surface area contributed by atoms with Crippen LogP contribution in [0.3, 0.4) is 0 Å². The highest BCUT2D eigenvalue weighted by atomic mass is 16.2. The van der Waals surface area contributed by atoms with Crippen molar-refractivity contribution in [1.82, 2.24) is 9.99 Å². The molecule has 0 aliphatic heterocycles. The van der Waals surface area contributed by atoms with Crippen molar-refractivity contribution in [3.05, 3.63) is 30.1 Å². The molecule has 1 rings (SSSR count). The van der Waals surface area contributed by atoms with Gasteiger partial charge in [0.2, 0.25) is 5.91 Å². The Morgan fingerprint density at radius 1 is 1.29 bits per heavy atom. The van der Waals surface area contributed by atoms with Crippen LogP contribution in [0.25, 0.3) is 0 Å². The molecule has 0 saturated carbocycles. The van der Waals surface area contributed by atoms with Gasteiger partial charge in [-0.1, -0.05) is 19.8 Å². The number of carbonyl (C=O) groups excluding carboxylic acids is 2. The maximum Gasteiger partial charge on any atom is 0.274 e. The number of hydrazine groups is 1. The number of nitrogens with zero attached hydrogens (tertiary/aromatic N) is 2. The van der Waals surface area contributed by atoms with E-state index >= 15 is 0 Å². The molecule has 0 radical (unpaired) electrons. The lowest BCUT2D eigenvalue weighted by molar-refractivity contribution is -0.128. The summed E-state index contributed by atoms with van der Waals surface area (Å²) in [7, 11) is 0. The Bertz CT molecular complexity index is 379. The molecule has 2 N–H and O–H groups in total. The summed E-state index contributed by atoms with van der Waals surface area (Å²) in [5, 5.41) is 0.686. The zero-order valence-corrected chi connectivity index (χ0v) is 9.93. The first-order valence-electron chi connectivity index (χ1n) is 5.68. The summed E-state index contributed by atoms with van der Waals surface area (Å²) in [5.74, 6) is 4.65. The van der Waals surface area contributed by atoms with E-state index in [1.807, 2.05) is 6.92 Å². The van der Waals surface area contributed by atoms with Crippen LogP contribution in [0.1, 0.15) is 43.0 Å². The normalized spacial score (nSPS) is 10.0. The van der Waals surface area contributed by atoms with E-state index in [0.717, 1.165) is 19.3 Å². The van der Waals surface area contributed by atoms with Gasteiger partial charge >= 0.3 is 0 Å². The molecule has 0 atom stereocenters. The van der Waals surface area contributed by atoms with Crippen LogP contribution in [-0.4, -0.2) is 21.8 Å². The van der Waals surface area contributed by atoms with Gasteiger partial charge in [0.15, 0.2) is 0 Å². The van der Waals surface area contributed by atoms with Gasteiger partial charge in [0.25, 0.3) is 5.91 Å². The monoisotopic (exact) mass is 235 g/mol. The Balaban J connectivity index is 2.55. The lowest BCUT2D eigenvalue weighted by atomic mass is 10.2. The summed E-state index contributed by atoms with van der Waals surface area (Å²) in [6, 6.07) is 3.06. The lowest BCUT2D eigenvalue weighted by Crippen LogP contribution is -2.42. The molecule has 5 heteroatoms. The summed E-state index contributed by atoms with van der Waals surface area (Å²) in [4.78, 5) is 27.2. The number of unbranched alkanes of at least 4 members (excludes halogenated alkanes) is 2. The number of hydrogen-bond acceptors (Lipinski definition) is 4. The van der Waals surface area contributed by atoms with Crippen LogP contribution < -0.4 is 5.84 Å². The molecule has 17 heavy (non-hydrogen) atoms. The molecule has 0 saturated heterocycles. The van der Waals surface area contributed by atoms with E-state index < -0.39 is 5.91 Å². The molecule has 1 aromatic heterocycles. The van der Waals surface area contributed by atoms with Crippen LogP contribution in [0.2, 0.25) is 0 Å². The number of hydrogen-bond donors (Lipinski definition) is 1. The number of pyridine rings is 1. The van der Waals surface area contributed by atoms with E-state index in [1.165, 1.54) is 24.5 Å². The van der Waals surface area contributed by atoms with E-state index in [0.29, 0.717) is 17.0 Å². The molecule has 1 aromatic rings. The molecular formula is C12H17N3O2. The lowest BCUT2D eigenvalue weighted by Gasteiger charge is -2.14. The van der Waals surface area contributed by atoms with Crippen molar-refractivity contribution >= 4 is 11.8 Å². The van der Waals surface area contributed by atoms with Crippen molar-refractivity contribution in [3.8, 4) is 0 Å². The number of aromatic nitrogens is 1.